The second-order valence-electron chi connectivity index (χ2n) is 14.4. The molecule has 4 N–H and O–H groups in total. The zero-order valence-corrected chi connectivity index (χ0v) is 33.9. The highest BCUT2D eigenvalue weighted by atomic mass is 16.5. The molecule has 0 bridgehead atoms. The fourth-order valence-electron chi connectivity index (χ4n) is 7.12. The summed E-state index contributed by atoms with van der Waals surface area (Å²) in [7, 11) is 3.20. The van der Waals surface area contributed by atoms with Crippen molar-refractivity contribution in [2.45, 2.75) is 26.1 Å². The van der Waals surface area contributed by atoms with Crippen molar-refractivity contribution >= 4 is 23.2 Å². The van der Waals surface area contributed by atoms with E-state index in [2.05, 4.69) is 20.9 Å². The number of carbonyl (C=O) groups is 2. The molecule has 8 rings (SSSR count). The molecule has 12 nitrogen and oxygen atoms in total. The van der Waals surface area contributed by atoms with Crippen LogP contribution >= 0.6 is 0 Å². The van der Waals surface area contributed by atoms with Gasteiger partial charge in [-0.25, -0.2) is 0 Å². The fraction of sp³-hybridized carbons (Fsp3) is 0.120. The average Bonchev–Trinajstić information content (AvgIpc) is 3.93. The molecule has 0 aliphatic rings. The summed E-state index contributed by atoms with van der Waals surface area (Å²) in [4.78, 5) is 26.8. The fourth-order valence-corrected chi connectivity index (χ4v) is 7.12. The van der Waals surface area contributed by atoms with Gasteiger partial charge in [-0.1, -0.05) is 95.2 Å². The number of aliphatic hydroxyl groups excluding tert-OH is 2. The van der Waals surface area contributed by atoms with Crippen LogP contribution in [0.4, 0.5) is 11.4 Å². The Morgan fingerprint density at radius 1 is 0.468 bits per heavy atom. The van der Waals surface area contributed by atoms with Crippen LogP contribution in [0.15, 0.2) is 155 Å². The van der Waals surface area contributed by atoms with E-state index < -0.39 is 0 Å². The standard InChI is InChI=1S/C50H42N4O8/c1-59-41-23-15-36(16-24-41)48-44(62-53-49(48)37-9-5-32(30-56)6-10-37)28-46(58)52-40-21-13-34(14-22-40)33-11-19-39(20-12-33)51-45(57)27-43-47(35-7-3-31(29-55)4-8-35)50(54-61-43)38-17-25-42(60-2)26-18-38/h3-26,55-56H,27-30H2,1-2H3,(H,51,57)(H,52,58). The second-order valence-corrected chi connectivity index (χ2v) is 14.4. The van der Waals surface area contributed by atoms with Crippen LogP contribution in [-0.4, -0.2) is 46.6 Å². The lowest BCUT2D eigenvalue weighted by Crippen LogP contribution is -2.14. The molecule has 12 heteroatoms. The van der Waals surface area contributed by atoms with Gasteiger partial charge in [0.25, 0.3) is 0 Å². The van der Waals surface area contributed by atoms with Crippen molar-refractivity contribution in [2.24, 2.45) is 0 Å². The zero-order valence-electron chi connectivity index (χ0n) is 33.9. The number of methoxy groups -OCH3 is 2. The van der Waals surface area contributed by atoms with Crippen LogP contribution in [0.3, 0.4) is 0 Å². The Kier molecular flexibility index (Phi) is 12.3. The van der Waals surface area contributed by atoms with Crippen LogP contribution in [0.5, 0.6) is 11.5 Å². The van der Waals surface area contributed by atoms with Gasteiger partial charge in [-0.3, -0.25) is 9.59 Å². The maximum Gasteiger partial charge on any atom is 0.232 e. The number of nitrogens with zero attached hydrogens (tertiary/aromatic N) is 2. The molecule has 62 heavy (non-hydrogen) atoms. The van der Waals surface area contributed by atoms with E-state index in [1.807, 2.05) is 146 Å². The minimum Gasteiger partial charge on any atom is -0.497 e. The van der Waals surface area contributed by atoms with Gasteiger partial charge < -0.3 is 39.4 Å². The number of benzene rings is 6. The summed E-state index contributed by atoms with van der Waals surface area (Å²) in [6.45, 7) is -0.159. The summed E-state index contributed by atoms with van der Waals surface area (Å²) in [5.41, 5.74) is 10.4. The van der Waals surface area contributed by atoms with Gasteiger partial charge in [0.15, 0.2) is 11.5 Å². The molecule has 6 aromatic carbocycles. The quantitative estimate of drug-likeness (QED) is 0.0781. The van der Waals surface area contributed by atoms with Crippen LogP contribution in [0.1, 0.15) is 22.6 Å². The molecule has 0 radical (unpaired) electrons. The van der Waals surface area contributed by atoms with Gasteiger partial charge in [-0.15, -0.1) is 0 Å². The number of hydrogen-bond donors (Lipinski definition) is 4. The Balaban J connectivity index is 0.925. The number of aliphatic hydroxyl groups is 2. The van der Waals surface area contributed by atoms with Gasteiger partial charge in [-0.2, -0.15) is 0 Å². The molecule has 0 fully saturated rings. The first-order valence-corrected chi connectivity index (χ1v) is 19.8. The third-order valence-corrected chi connectivity index (χ3v) is 10.4. The van der Waals surface area contributed by atoms with Crippen molar-refractivity contribution in [3.8, 4) is 67.4 Å². The number of nitrogens with one attached hydrogen (secondary N) is 2. The highest BCUT2D eigenvalue weighted by Gasteiger charge is 2.24. The molecular weight excluding hydrogens is 785 g/mol. The number of amides is 2. The number of hydrogen-bond acceptors (Lipinski definition) is 10. The molecule has 2 amide bonds. The van der Waals surface area contributed by atoms with Crippen LogP contribution in [-0.2, 0) is 35.6 Å². The maximum atomic E-state index is 13.4. The molecular formula is C50H42N4O8. The largest absolute Gasteiger partial charge is 0.497 e. The van der Waals surface area contributed by atoms with E-state index in [1.165, 1.54) is 0 Å². The highest BCUT2D eigenvalue weighted by molar-refractivity contribution is 5.96. The van der Waals surface area contributed by atoms with Crippen molar-refractivity contribution in [1.82, 2.24) is 10.3 Å². The molecule has 0 unspecified atom stereocenters. The lowest BCUT2D eigenvalue weighted by atomic mass is 9.97. The van der Waals surface area contributed by atoms with E-state index in [0.717, 1.165) is 44.5 Å². The summed E-state index contributed by atoms with van der Waals surface area (Å²) in [6, 6.07) is 44.6. The highest BCUT2D eigenvalue weighted by Crippen LogP contribution is 2.38. The second kappa shape index (κ2) is 18.6. The minimum atomic E-state index is -0.280. The van der Waals surface area contributed by atoms with Crippen molar-refractivity contribution in [3.05, 3.63) is 168 Å². The number of ether oxygens (including phenoxy) is 2. The average molecular weight is 827 g/mol. The number of carbonyl (C=O) groups excluding carboxylic acids is 2. The molecule has 0 saturated carbocycles. The molecule has 0 aliphatic carbocycles. The third-order valence-electron chi connectivity index (χ3n) is 10.4. The molecule has 2 aromatic heterocycles. The normalized spacial score (nSPS) is 11.0. The lowest BCUT2D eigenvalue weighted by molar-refractivity contribution is -0.116. The predicted molar refractivity (Wildman–Crippen MR) is 236 cm³/mol. The van der Waals surface area contributed by atoms with E-state index in [-0.39, 0.29) is 37.9 Å². The Labute approximate surface area is 357 Å². The van der Waals surface area contributed by atoms with E-state index in [1.54, 1.807) is 14.2 Å². The van der Waals surface area contributed by atoms with E-state index >= 15 is 0 Å². The van der Waals surface area contributed by atoms with Gasteiger partial charge in [0.2, 0.25) is 11.8 Å². The summed E-state index contributed by atoms with van der Waals surface area (Å²) in [5, 5.41) is 33.7. The number of anilines is 2. The smallest absolute Gasteiger partial charge is 0.232 e. The summed E-state index contributed by atoms with van der Waals surface area (Å²) in [5.74, 6) is 1.66. The molecule has 0 atom stereocenters. The van der Waals surface area contributed by atoms with Crippen molar-refractivity contribution in [1.29, 1.82) is 0 Å². The zero-order chi connectivity index (χ0) is 43.0. The Morgan fingerprint density at radius 3 is 1.15 bits per heavy atom. The van der Waals surface area contributed by atoms with Gasteiger partial charge >= 0.3 is 0 Å². The molecule has 0 aliphatic heterocycles. The minimum absolute atomic E-state index is 0.0582. The molecule has 2 heterocycles. The molecule has 0 spiro atoms. The predicted octanol–water partition coefficient (Wildman–Crippen LogP) is 9.36. The number of rotatable bonds is 15. The topological polar surface area (TPSA) is 169 Å². The Hall–Kier alpha value is -7.80. The molecule has 8 aromatic rings. The van der Waals surface area contributed by atoms with Gasteiger partial charge in [-0.05, 0) is 94.0 Å². The summed E-state index contributed by atoms with van der Waals surface area (Å²) < 4.78 is 22.2. The SMILES string of the molecule is COc1ccc(-c2noc(CC(=O)Nc3ccc(-c4ccc(NC(=O)Cc5onc(-c6ccc(CO)cc6)c5-c5ccc(OC)cc5)cc4)cc3)c2-c2ccc(CO)cc2)cc1. The van der Waals surface area contributed by atoms with Gasteiger partial charge in [0.05, 0.1) is 51.4 Å². The molecule has 310 valence electrons. The van der Waals surface area contributed by atoms with Crippen LogP contribution in [0.25, 0.3) is 55.9 Å². The van der Waals surface area contributed by atoms with E-state index in [0.29, 0.717) is 56.9 Å². The lowest BCUT2D eigenvalue weighted by Gasteiger charge is -2.09. The van der Waals surface area contributed by atoms with Crippen molar-refractivity contribution in [2.75, 3.05) is 24.9 Å². The first-order chi connectivity index (χ1) is 30.3. The van der Waals surface area contributed by atoms with Crippen molar-refractivity contribution in [3.63, 3.8) is 0 Å². The van der Waals surface area contributed by atoms with Crippen LogP contribution < -0.4 is 20.1 Å². The number of aromatic nitrogens is 2. The Morgan fingerprint density at radius 2 is 0.790 bits per heavy atom. The monoisotopic (exact) mass is 826 g/mol. The maximum absolute atomic E-state index is 13.4. The first-order valence-electron chi connectivity index (χ1n) is 19.8. The van der Waals surface area contributed by atoms with E-state index in [4.69, 9.17) is 18.5 Å². The van der Waals surface area contributed by atoms with Crippen LogP contribution in [0.2, 0.25) is 0 Å². The first kappa shape index (κ1) is 41.0. The Bertz CT molecular complexity index is 2580. The van der Waals surface area contributed by atoms with Crippen LogP contribution in [0, 0.1) is 0 Å². The summed E-state index contributed by atoms with van der Waals surface area (Å²) >= 11 is 0. The third kappa shape index (κ3) is 9.16. The van der Waals surface area contributed by atoms with Gasteiger partial charge in [0.1, 0.15) is 22.9 Å². The van der Waals surface area contributed by atoms with Gasteiger partial charge in [0, 0.05) is 22.5 Å². The molecule has 0 saturated heterocycles. The van der Waals surface area contributed by atoms with Crippen molar-refractivity contribution < 1.29 is 38.3 Å². The van der Waals surface area contributed by atoms with E-state index in [9.17, 15) is 19.8 Å². The summed E-state index contributed by atoms with van der Waals surface area (Å²) in [6.07, 6.45) is -0.119.